The van der Waals surface area contributed by atoms with Crippen LogP contribution < -0.4 is 9.47 Å². The van der Waals surface area contributed by atoms with E-state index in [0.29, 0.717) is 23.0 Å². The highest BCUT2D eigenvalue weighted by atomic mass is 16.5. The molecule has 0 spiro atoms. The van der Waals surface area contributed by atoms with Crippen molar-refractivity contribution in [2.45, 2.75) is 52.1 Å². The zero-order chi connectivity index (χ0) is 27.6. The number of carbonyl (C=O) groups is 2. The summed E-state index contributed by atoms with van der Waals surface area (Å²) in [4.78, 5) is 28.5. The molecule has 0 bridgehead atoms. The number of aliphatic hydroxyl groups is 1. The molecule has 1 saturated heterocycles. The van der Waals surface area contributed by atoms with Gasteiger partial charge in [-0.2, -0.15) is 0 Å². The standard InChI is InChI=1S/C32H35NO5/c1-19(2)21-11-13-22(14-12-21)29-28(30(34)23-15-16-27(38-6)25(17-23)20(3)4)31(35)32(36)33(29)18-24-9-7-8-10-26(24)37-5/h7-17,19-20,29,34H,18H2,1-6H3/b30-28-. The summed E-state index contributed by atoms with van der Waals surface area (Å²) in [5.41, 5.74) is 4.11. The first kappa shape index (κ1) is 27.0. The van der Waals surface area contributed by atoms with E-state index in [1.54, 1.807) is 26.4 Å². The Kier molecular flexibility index (Phi) is 7.91. The smallest absolute Gasteiger partial charge is 0.295 e. The van der Waals surface area contributed by atoms with Crippen LogP contribution in [0, 0.1) is 0 Å². The van der Waals surface area contributed by atoms with E-state index in [0.717, 1.165) is 22.3 Å². The third kappa shape index (κ3) is 5.03. The molecule has 1 N–H and O–H groups in total. The number of hydrogen-bond donors (Lipinski definition) is 1. The maximum Gasteiger partial charge on any atom is 0.295 e. The number of rotatable bonds is 8. The second kappa shape index (κ2) is 11.1. The van der Waals surface area contributed by atoms with Crippen molar-refractivity contribution < 1.29 is 24.2 Å². The number of amides is 1. The Morgan fingerprint density at radius 3 is 2.13 bits per heavy atom. The Morgan fingerprint density at radius 2 is 1.53 bits per heavy atom. The molecule has 3 aromatic rings. The van der Waals surface area contributed by atoms with Crippen molar-refractivity contribution in [1.82, 2.24) is 4.90 Å². The molecule has 1 aliphatic rings. The summed E-state index contributed by atoms with van der Waals surface area (Å²) in [7, 11) is 3.18. The Hall–Kier alpha value is -4.06. The van der Waals surface area contributed by atoms with Crippen molar-refractivity contribution in [2.24, 2.45) is 0 Å². The lowest BCUT2D eigenvalue weighted by Crippen LogP contribution is -2.29. The first-order chi connectivity index (χ1) is 18.2. The van der Waals surface area contributed by atoms with Gasteiger partial charge < -0.3 is 19.5 Å². The van der Waals surface area contributed by atoms with Gasteiger partial charge in [0.1, 0.15) is 17.3 Å². The van der Waals surface area contributed by atoms with Crippen LogP contribution in [-0.4, -0.2) is 35.9 Å². The van der Waals surface area contributed by atoms with E-state index in [2.05, 4.69) is 13.8 Å². The molecule has 6 nitrogen and oxygen atoms in total. The minimum absolute atomic E-state index is 0.0714. The first-order valence-electron chi connectivity index (χ1n) is 12.9. The second-order valence-electron chi connectivity index (χ2n) is 10.2. The highest BCUT2D eigenvalue weighted by Crippen LogP contribution is 2.42. The number of methoxy groups -OCH3 is 2. The summed E-state index contributed by atoms with van der Waals surface area (Å²) in [6, 6.07) is 19.9. The van der Waals surface area contributed by atoms with E-state index in [-0.39, 0.29) is 23.8 Å². The number of nitrogens with zero attached hydrogens (tertiary/aromatic N) is 1. The van der Waals surface area contributed by atoms with Gasteiger partial charge in [0.15, 0.2) is 0 Å². The summed E-state index contributed by atoms with van der Waals surface area (Å²) in [6.45, 7) is 8.44. The van der Waals surface area contributed by atoms with Crippen molar-refractivity contribution >= 4 is 17.4 Å². The molecule has 1 atom stereocenters. The number of para-hydroxylation sites is 1. The summed E-state index contributed by atoms with van der Waals surface area (Å²) in [6.07, 6.45) is 0. The molecule has 0 saturated carbocycles. The van der Waals surface area contributed by atoms with E-state index < -0.39 is 17.7 Å². The van der Waals surface area contributed by atoms with Crippen LogP contribution in [0.4, 0.5) is 0 Å². The van der Waals surface area contributed by atoms with Gasteiger partial charge in [-0.3, -0.25) is 9.59 Å². The molecule has 1 fully saturated rings. The van der Waals surface area contributed by atoms with Gasteiger partial charge in [0.25, 0.3) is 11.7 Å². The lowest BCUT2D eigenvalue weighted by molar-refractivity contribution is -0.140. The van der Waals surface area contributed by atoms with Crippen LogP contribution in [0.1, 0.15) is 73.4 Å². The van der Waals surface area contributed by atoms with Crippen molar-refractivity contribution in [2.75, 3.05) is 14.2 Å². The molecular formula is C32H35NO5. The SMILES string of the molecule is COc1ccccc1CN1C(=O)C(=O)/C(=C(\O)c2ccc(OC)c(C(C)C)c2)C1c1ccc(C(C)C)cc1. The summed E-state index contributed by atoms with van der Waals surface area (Å²) >= 11 is 0. The number of hydrogen-bond acceptors (Lipinski definition) is 5. The third-order valence-electron chi connectivity index (χ3n) is 7.12. The third-order valence-corrected chi connectivity index (χ3v) is 7.12. The average Bonchev–Trinajstić information content (AvgIpc) is 3.17. The summed E-state index contributed by atoms with van der Waals surface area (Å²) < 4.78 is 11.0. The minimum Gasteiger partial charge on any atom is -0.507 e. The van der Waals surface area contributed by atoms with Crippen LogP contribution >= 0.6 is 0 Å². The first-order valence-corrected chi connectivity index (χ1v) is 12.9. The second-order valence-corrected chi connectivity index (χ2v) is 10.2. The molecule has 6 heteroatoms. The number of benzene rings is 3. The molecular weight excluding hydrogens is 478 g/mol. The molecule has 0 radical (unpaired) electrons. The van der Waals surface area contributed by atoms with E-state index in [4.69, 9.17) is 9.47 Å². The highest BCUT2D eigenvalue weighted by Gasteiger charge is 2.46. The number of carbonyl (C=O) groups excluding carboxylic acids is 2. The van der Waals surface area contributed by atoms with E-state index >= 15 is 0 Å². The van der Waals surface area contributed by atoms with E-state index in [1.165, 1.54) is 4.90 Å². The normalized spacial score (nSPS) is 16.9. The maximum atomic E-state index is 13.5. The Labute approximate surface area is 224 Å². The Morgan fingerprint density at radius 1 is 0.868 bits per heavy atom. The van der Waals surface area contributed by atoms with Crippen molar-refractivity contribution in [1.29, 1.82) is 0 Å². The largest absolute Gasteiger partial charge is 0.507 e. The van der Waals surface area contributed by atoms with Crippen molar-refractivity contribution in [3.05, 3.63) is 100 Å². The van der Waals surface area contributed by atoms with Crippen LogP contribution in [0.15, 0.2) is 72.3 Å². The molecule has 1 unspecified atom stereocenters. The maximum absolute atomic E-state index is 13.5. The van der Waals surface area contributed by atoms with Crippen LogP contribution in [-0.2, 0) is 16.1 Å². The van der Waals surface area contributed by atoms with Crippen molar-refractivity contribution in [3.8, 4) is 11.5 Å². The summed E-state index contributed by atoms with van der Waals surface area (Å²) in [5.74, 6) is 0.218. The van der Waals surface area contributed by atoms with Gasteiger partial charge in [-0.25, -0.2) is 0 Å². The predicted octanol–water partition coefficient (Wildman–Crippen LogP) is 6.57. The van der Waals surface area contributed by atoms with Crippen molar-refractivity contribution in [3.63, 3.8) is 0 Å². The minimum atomic E-state index is -0.759. The molecule has 0 aromatic heterocycles. The van der Waals surface area contributed by atoms with E-state index in [9.17, 15) is 14.7 Å². The fourth-order valence-corrected chi connectivity index (χ4v) is 4.96. The van der Waals surface area contributed by atoms with E-state index in [1.807, 2.05) is 68.4 Å². The molecule has 3 aromatic carbocycles. The van der Waals surface area contributed by atoms with Crippen LogP contribution in [0.3, 0.4) is 0 Å². The molecule has 1 heterocycles. The quantitative estimate of drug-likeness (QED) is 0.209. The lowest BCUT2D eigenvalue weighted by atomic mass is 9.92. The predicted molar refractivity (Wildman–Crippen MR) is 148 cm³/mol. The molecule has 4 rings (SSSR count). The molecule has 198 valence electrons. The highest BCUT2D eigenvalue weighted by molar-refractivity contribution is 6.46. The van der Waals surface area contributed by atoms with Gasteiger partial charge in [-0.05, 0) is 52.8 Å². The summed E-state index contributed by atoms with van der Waals surface area (Å²) in [5, 5.41) is 11.6. The molecule has 1 aliphatic heterocycles. The van der Waals surface area contributed by atoms with Gasteiger partial charge in [-0.1, -0.05) is 70.2 Å². The van der Waals surface area contributed by atoms with Crippen LogP contribution in [0.25, 0.3) is 5.76 Å². The Balaban J connectivity index is 1.89. The average molecular weight is 514 g/mol. The molecule has 38 heavy (non-hydrogen) atoms. The molecule has 0 aliphatic carbocycles. The lowest BCUT2D eigenvalue weighted by Gasteiger charge is -2.26. The molecule has 1 amide bonds. The van der Waals surface area contributed by atoms with Gasteiger partial charge in [0.2, 0.25) is 0 Å². The topological polar surface area (TPSA) is 76.1 Å². The van der Waals surface area contributed by atoms with Gasteiger partial charge in [0, 0.05) is 11.1 Å². The number of likely N-dealkylation sites (tertiary alicyclic amines) is 1. The fourth-order valence-electron chi connectivity index (χ4n) is 4.96. The number of ketones is 1. The van der Waals surface area contributed by atoms with Gasteiger partial charge >= 0.3 is 0 Å². The van der Waals surface area contributed by atoms with Gasteiger partial charge in [0.05, 0.1) is 32.4 Å². The fraction of sp³-hybridized carbons (Fsp3) is 0.312. The van der Waals surface area contributed by atoms with Crippen LogP contribution in [0.2, 0.25) is 0 Å². The zero-order valence-corrected chi connectivity index (χ0v) is 22.8. The van der Waals surface area contributed by atoms with Crippen LogP contribution in [0.5, 0.6) is 11.5 Å². The number of ether oxygens (including phenoxy) is 2. The monoisotopic (exact) mass is 513 g/mol. The Bertz CT molecular complexity index is 1370. The number of Topliss-reactive ketones (excluding diaryl/α,β-unsaturated/α-hetero) is 1. The zero-order valence-electron chi connectivity index (χ0n) is 22.8. The van der Waals surface area contributed by atoms with Gasteiger partial charge in [-0.15, -0.1) is 0 Å². The number of aliphatic hydroxyl groups excluding tert-OH is 1.